The standard InChI is InChI=1S/C29H32N6O3/c30-19-24-18-23(3-6-26(24)33-29(37)35-11-8-22(20-36)9-12-35)27-7-10-31-28(32-27)17-21-1-4-25(5-2-21)34-13-15-38-16-14-34/h1-7,10,18,22,36H,8-9,11-17,20H2,(H,33,37). The highest BCUT2D eigenvalue weighted by Crippen LogP contribution is 2.25. The van der Waals surface area contributed by atoms with E-state index in [0.29, 0.717) is 36.6 Å². The van der Waals surface area contributed by atoms with Gasteiger partial charge in [0, 0.05) is 56.7 Å². The molecule has 0 unspecified atom stereocenters. The van der Waals surface area contributed by atoms with Gasteiger partial charge in [0.25, 0.3) is 0 Å². The molecule has 5 rings (SSSR count). The fourth-order valence-corrected chi connectivity index (χ4v) is 4.89. The molecule has 2 aromatic carbocycles. The number of morpholine rings is 1. The highest BCUT2D eigenvalue weighted by Gasteiger charge is 2.23. The number of hydrogen-bond acceptors (Lipinski definition) is 7. The minimum Gasteiger partial charge on any atom is -0.396 e. The molecule has 2 aliphatic rings. The molecule has 2 aliphatic heterocycles. The normalized spacial score (nSPS) is 16.2. The summed E-state index contributed by atoms with van der Waals surface area (Å²) in [4.78, 5) is 26.0. The van der Waals surface area contributed by atoms with Gasteiger partial charge in [-0.1, -0.05) is 18.2 Å². The zero-order chi connectivity index (χ0) is 26.3. The summed E-state index contributed by atoms with van der Waals surface area (Å²) in [6, 6.07) is 17.6. The smallest absolute Gasteiger partial charge is 0.321 e. The summed E-state index contributed by atoms with van der Waals surface area (Å²) in [5.41, 5.74) is 4.67. The van der Waals surface area contributed by atoms with Crippen LogP contribution in [0.2, 0.25) is 0 Å². The topological polar surface area (TPSA) is 115 Å². The Balaban J connectivity index is 1.25. The van der Waals surface area contributed by atoms with E-state index in [0.717, 1.165) is 56.0 Å². The zero-order valence-electron chi connectivity index (χ0n) is 21.3. The molecule has 9 nitrogen and oxygen atoms in total. The van der Waals surface area contributed by atoms with E-state index in [-0.39, 0.29) is 18.6 Å². The second-order valence-corrected chi connectivity index (χ2v) is 9.72. The lowest BCUT2D eigenvalue weighted by Crippen LogP contribution is -2.41. The highest BCUT2D eigenvalue weighted by molar-refractivity contribution is 5.91. The first-order chi connectivity index (χ1) is 18.6. The largest absolute Gasteiger partial charge is 0.396 e. The van der Waals surface area contributed by atoms with Crippen LogP contribution in [0.4, 0.5) is 16.2 Å². The zero-order valence-corrected chi connectivity index (χ0v) is 21.3. The van der Waals surface area contributed by atoms with Gasteiger partial charge in [0.05, 0.1) is 30.2 Å². The Labute approximate surface area is 222 Å². The van der Waals surface area contributed by atoms with Crippen LogP contribution in [0.15, 0.2) is 54.7 Å². The molecule has 2 saturated heterocycles. The molecule has 0 spiro atoms. The van der Waals surface area contributed by atoms with Gasteiger partial charge in [0.2, 0.25) is 0 Å². The van der Waals surface area contributed by atoms with Crippen molar-refractivity contribution in [2.24, 2.45) is 5.92 Å². The number of aromatic nitrogens is 2. The van der Waals surface area contributed by atoms with E-state index in [4.69, 9.17) is 9.72 Å². The highest BCUT2D eigenvalue weighted by atomic mass is 16.5. The predicted molar refractivity (Wildman–Crippen MR) is 145 cm³/mol. The van der Waals surface area contributed by atoms with E-state index in [1.54, 1.807) is 23.2 Å². The van der Waals surface area contributed by atoms with Crippen LogP contribution >= 0.6 is 0 Å². The number of carbonyl (C=O) groups is 1. The van der Waals surface area contributed by atoms with Gasteiger partial charge in [-0.2, -0.15) is 5.26 Å². The van der Waals surface area contributed by atoms with E-state index >= 15 is 0 Å². The summed E-state index contributed by atoms with van der Waals surface area (Å²) in [5, 5.41) is 21.9. The summed E-state index contributed by atoms with van der Waals surface area (Å²) in [7, 11) is 0. The van der Waals surface area contributed by atoms with Crippen LogP contribution in [0, 0.1) is 17.2 Å². The molecule has 0 bridgehead atoms. The number of nitrogens with one attached hydrogen (secondary N) is 1. The van der Waals surface area contributed by atoms with Gasteiger partial charge >= 0.3 is 6.03 Å². The molecule has 2 amide bonds. The van der Waals surface area contributed by atoms with Crippen LogP contribution in [-0.4, -0.2) is 72.0 Å². The Bertz CT molecular complexity index is 1290. The number of piperidine rings is 1. The molecule has 2 fully saturated rings. The molecule has 0 aliphatic carbocycles. The van der Waals surface area contributed by atoms with E-state index < -0.39 is 0 Å². The number of urea groups is 1. The third-order valence-electron chi connectivity index (χ3n) is 7.22. The molecular formula is C29H32N6O3. The van der Waals surface area contributed by atoms with Gasteiger partial charge in [0.15, 0.2) is 0 Å². The molecule has 3 aromatic rings. The van der Waals surface area contributed by atoms with E-state index in [1.165, 1.54) is 5.69 Å². The van der Waals surface area contributed by atoms with Crippen LogP contribution < -0.4 is 10.2 Å². The Morgan fingerprint density at radius 2 is 1.84 bits per heavy atom. The van der Waals surface area contributed by atoms with Crippen LogP contribution in [-0.2, 0) is 11.2 Å². The van der Waals surface area contributed by atoms with Crippen LogP contribution in [0.5, 0.6) is 0 Å². The second-order valence-electron chi connectivity index (χ2n) is 9.72. The molecule has 3 heterocycles. The SMILES string of the molecule is N#Cc1cc(-c2ccnc(Cc3ccc(N4CCOCC4)cc3)n2)ccc1NC(=O)N1CCC(CO)CC1. The Morgan fingerprint density at radius 3 is 2.55 bits per heavy atom. The molecule has 0 atom stereocenters. The van der Waals surface area contributed by atoms with Crippen molar-refractivity contribution < 1.29 is 14.6 Å². The third-order valence-corrected chi connectivity index (χ3v) is 7.22. The van der Waals surface area contributed by atoms with Gasteiger partial charge in [-0.25, -0.2) is 14.8 Å². The van der Waals surface area contributed by atoms with Crippen LogP contribution in [0.3, 0.4) is 0 Å². The average Bonchev–Trinajstić information content (AvgIpc) is 2.98. The maximum absolute atomic E-state index is 12.7. The van der Waals surface area contributed by atoms with Crippen LogP contribution in [0.1, 0.15) is 29.8 Å². The first kappa shape index (κ1) is 25.6. The van der Waals surface area contributed by atoms with Crippen molar-refractivity contribution in [2.45, 2.75) is 19.3 Å². The lowest BCUT2D eigenvalue weighted by molar-refractivity contribution is 0.122. The number of anilines is 2. The predicted octanol–water partition coefficient (Wildman–Crippen LogP) is 3.68. The van der Waals surface area contributed by atoms with Gasteiger partial charge in [0.1, 0.15) is 11.9 Å². The number of carbonyl (C=O) groups excluding carboxylic acids is 1. The summed E-state index contributed by atoms with van der Waals surface area (Å²) >= 11 is 0. The molecule has 0 saturated carbocycles. The summed E-state index contributed by atoms with van der Waals surface area (Å²) in [5.74, 6) is 0.948. The minimum absolute atomic E-state index is 0.154. The average molecular weight is 513 g/mol. The number of amides is 2. The van der Waals surface area contributed by atoms with Crippen molar-refractivity contribution in [3.05, 3.63) is 71.7 Å². The maximum atomic E-state index is 12.7. The number of hydrogen-bond donors (Lipinski definition) is 2. The molecular weight excluding hydrogens is 480 g/mol. The summed E-state index contributed by atoms with van der Waals surface area (Å²) in [6.45, 7) is 4.66. The Hall–Kier alpha value is -4.00. The van der Waals surface area contributed by atoms with Crippen molar-refractivity contribution in [1.82, 2.24) is 14.9 Å². The number of ether oxygens (including phenoxy) is 1. The van der Waals surface area contributed by atoms with Gasteiger partial charge < -0.3 is 25.0 Å². The third kappa shape index (κ3) is 6.10. The summed E-state index contributed by atoms with van der Waals surface area (Å²) < 4.78 is 5.44. The Kier molecular flexibility index (Phi) is 8.12. The number of nitriles is 1. The maximum Gasteiger partial charge on any atom is 0.321 e. The Morgan fingerprint density at radius 1 is 1.08 bits per heavy atom. The number of nitrogens with zero attached hydrogens (tertiary/aromatic N) is 5. The van der Waals surface area contributed by atoms with Gasteiger partial charge in [-0.05, 0) is 54.7 Å². The van der Waals surface area contributed by atoms with Gasteiger partial charge in [-0.15, -0.1) is 0 Å². The van der Waals surface area contributed by atoms with Gasteiger partial charge in [-0.3, -0.25) is 0 Å². The number of likely N-dealkylation sites (tertiary alicyclic amines) is 1. The molecule has 0 radical (unpaired) electrons. The second kappa shape index (κ2) is 12.0. The first-order valence-corrected chi connectivity index (χ1v) is 13.1. The first-order valence-electron chi connectivity index (χ1n) is 13.1. The van der Waals surface area contributed by atoms with E-state index in [2.05, 4.69) is 45.5 Å². The lowest BCUT2D eigenvalue weighted by Gasteiger charge is -2.31. The van der Waals surface area contributed by atoms with Crippen LogP contribution in [0.25, 0.3) is 11.3 Å². The minimum atomic E-state index is -0.227. The molecule has 1 aromatic heterocycles. The summed E-state index contributed by atoms with van der Waals surface area (Å²) in [6.07, 6.45) is 3.89. The number of aliphatic hydroxyl groups excluding tert-OH is 1. The van der Waals surface area contributed by atoms with E-state index in [1.807, 2.05) is 12.1 Å². The molecule has 196 valence electrons. The molecule has 2 N–H and O–H groups in total. The number of aliphatic hydroxyl groups is 1. The molecule has 38 heavy (non-hydrogen) atoms. The van der Waals surface area contributed by atoms with E-state index in [9.17, 15) is 15.2 Å². The number of rotatable bonds is 6. The monoisotopic (exact) mass is 512 g/mol. The fourth-order valence-electron chi connectivity index (χ4n) is 4.89. The lowest BCUT2D eigenvalue weighted by atomic mass is 9.98. The number of benzene rings is 2. The van der Waals surface area contributed by atoms with Crippen molar-refractivity contribution >= 4 is 17.4 Å². The molecule has 9 heteroatoms. The van der Waals surface area contributed by atoms with Crippen molar-refractivity contribution in [3.63, 3.8) is 0 Å². The quantitative estimate of drug-likeness (QED) is 0.518. The van der Waals surface area contributed by atoms with Crippen molar-refractivity contribution in [2.75, 3.05) is 56.2 Å². The fraction of sp³-hybridized carbons (Fsp3) is 0.379. The van der Waals surface area contributed by atoms with Crippen molar-refractivity contribution in [3.8, 4) is 17.3 Å². The van der Waals surface area contributed by atoms with Crippen molar-refractivity contribution in [1.29, 1.82) is 5.26 Å².